The first-order valence-corrected chi connectivity index (χ1v) is 9.29. The molecule has 0 atom stereocenters. The Hall–Kier alpha value is -1.86. The summed E-state index contributed by atoms with van der Waals surface area (Å²) in [5.41, 5.74) is 0.611. The van der Waals surface area contributed by atoms with E-state index < -0.39 is 11.6 Å². The molecule has 0 saturated carbocycles. The van der Waals surface area contributed by atoms with Gasteiger partial charge in [0.05, 0.1) is 5.69 Å². The molecule has 0 aliphatic carbocycles. The molecule has 2 aromatic rings. The van der Waals surface area contributed by atoms with Gasteiger partial charge in [0.1, 0.15) is 21.5 Å². The quantitative estimate of drug-likeness (QED) is 0.880. The molecule has 1 aromatic heterocycles. The number of nitrogens with zero attached hydrogens (tertiary/aromatic N) is 2. The molecule has 134 valence electrons. The molecule has 2 heterocycles. The van der Waals surface area contributed by atoms with Crippen LogP contribution in [-0.2, 0) is 0 Å². The fraction of sp³-hybridized carbons (Fsp3) is 0.444. The predicted octanol–water partition coefficient (Wildman–Crippen LogP) is 3.61. The van der Waals surface area contributed by atoms with Crippen molar-refractivity contribution in [2.24, 2.45) is 0 Å². The van der Waals surface area contributed by atoms with Gasteiger partial charge in [0, 0.05) is 18.7 Å². The molecule has 7 heteroatoms. The maximum atomic E-state index is 13.9. The first-order valence-electron chi connectivity index (χ1n) is 8.48. The second kappa shape index (κ2) is 8.01. The lowest BCUT2D eigenvalue weighted by Crippen LogP contribution is -2.37. The van der Waals surface area contributed by atoms with Gasteiger partial charge in [-0.2, -0.15) is 0 Å². The van der Waals surface area contributed by atoms with Crippen molar-refractivity contribution >= 4 is 17.2 Å². The van der Waals surface area contributed by atoms with Gasteiger partial charge in [-0.05, 0) is 51.1 Å². The Morgan fingerprint density at radius 2 is 2.04 bits per heavy atom. The molecule has 3 rings (SSSR count). The van der Waals surface area contributed by atoms with E-state index in [1.165, 1.54) is 19.3 Å². The van der Waals surface area contributed by atoms with Gasteiger partial charge in [-0.15, -0.1) is 11.3 Å². The number of nitrogens with one attached hydrogen (secondary N) is 1. The van der Waals surface area contributed by atoms with Gasteiger partial charge < -0.3 is 10.2 Å². The lowest BCUT2D eigenvalue weighted by Gasteiger charge is -2.26. The summed E-state index contributed by atoms with van der Waals surface area (Å²) in [6.07, 6.45) is 3.71. The third-order valence-electron chi connectivity index (χ3n) is 4.32. The van der Waals surface area contributed by atoms with E-state index >= 15 is 0 Å². The largest absolute Gasteiger partial charge is 0.350 e. The number of aromatic nitrogens is 1. The lowest BCUT2D eigenvalue weighted by molar-refractivity contribution is 0.0950. The molecule has 25 heavy (non-hydrogen) atoms. The molecular formula is C18H21F2N3OS. The summed E-state index contributed by atoms with van der Waals surface area (Å²) < 4.78 is 27.3. The molecule has 0 radical (unpaired) electrons. The average Bonchev–Trinajstić information content (AvgIpc) is 2.99. The maximum Gasteiger partial charge on any atom is 0.263 e. The highest BCUT2D eigenvalue weighted by Gasteiger charge is 2.19. The number of carbonyl (C=O) groups excluding carboxylic acids is 1. The summed E-state index contributed by atoms with van der Waals surface area (Å²) in [7, 11) is 0. The van der Waals surface area contributed by atoms with Crippen molar-refractivity contribution in [1.82, 2.24) is 15.2 Å². The van der Waals surface area contributed by atoms with Crippen LogP contribution in [0.5, 0.6) is 0 Å². The van der Waals surface area contributed by atoms with Gasteiger partial charge in [0.25, 0.3) is 5.91 Å². The number of likely N-dealkylation sites (tertiary alicyclic amines) is 1. The summed E-state index contributed by atoms with van der Waals surface area (Å²) in [6.45, 7) is 5.27. The average molecular weight is 365 g/mol. The number of hydrogen-bond donors (Lipinski definition) is 1. The SMILES string of the molecule is Cc1nc(-c2cc(F)ccc2F)sc1C(=O)NCCN1CCCCC1. The number of thiazole rings is 1. The van der Waals surface area contributed by atoms with Crippen molar-refractivity contribution in [2.45, 2.75) is 26.2 Å². The highest BCUT2D eigenvalue weighted by atomic mass is 32.1. The zero-order valence-corrected chi connectivity index (χ0v) is 15.0. The monoisotopic (exact) mass is 365 g/mol. The van der Waals surface area contributed by atoms with Crippen molar-refractivity contribution in [3.05, 3.63) is 40.4 Å². The van der Waals surface area contributed by atoms with E-state index in [4.69, 9.17) is 0 Å². The fourth-order valence-electron chi connectivity index (χ4n) is 2.97. The number of rotatable bonds is 5. The molecular weight excluding hydrogens is 344 g/mol. The molecule has 1 aromatic carbocycles. The van der Waals surface area contributed by atoms with E-state index in [1.807, 2.05) is 0 Å². The van der Waals surface area contributed by atoms with Gasteiger partial charge in [0.15, 0.2) is 0 Å². The summed E-state index contributed by atoms with van der Waals surface area (Å²) in [4.78, 5) is 19.4. The van der Waals surface area contributed by atoms with Crippen molar-refractivity contribution < 1.29 is 13.6 Å². The van der Waals surface area contributed by atoms with Crippen molar-refractivity contribution in [1.29, 1.82) is 0 Å². The molecule has 0 unspecified atom stereocenters. The minimum absolute atomic E-state index is 0.0838. The zero-order chi connectivity index (χ0) is 17.8. The van der Waals surface area contributed by atoms with Crippen LogP contribution in [0, 0.1) is 18.6 Å². The van der Waals surface area contributed by atoms with E-state index in [1.54, 1.807) is 6.92 Å². The van der Waals surface area contributed by atoms with Crippen LogP contribution in [0.25, 0.3) is 10.6 Å². The van der Waals surface area contributed by atoms with Crippen LogP contribution >= 0.6 is 11.3 Å². The number of aryl methyl sites for hydroxylation is 1. The standard InChI is InChI=1S/C18H21F2N3OS/c1-12-16(17(24)21-7-10-23-8-3-2-4-9-23)25-18(22-12)14-11-13(19)5-6-15(14)20/h5-6,11H,2-4,7-10H2,1H3,(H,21,24). The van der Waals surface area contributed by atoms with Gasteiger partial charge in [-0.25, -0.2) is 13.8 Å². The number of hydrogen-bond acceptors (Lipinski definition) is 4. The van der Waals surface area contributed by atoms with Crippen LogP contribution in [0.4, 0.5) is 8.78 Å². The van der Waals surface area contributed by atoms with E-state index in [9.17, 15) is 13.6 Å². The van der Waals surface area contributed by atoms with Crippen LogP contribution in [0.3, 0.4) is 0 Å². The van der Waals surface area contributed by atoms with Crippen molar-refractivity contribution in [2.75, 3.05) is 26.2 Å². The fourth-order valence-corrected chi connectivity index (χ4v) is 3.98. The van der Waals surface area contributed by atoms with Crippen molar-refractivity contribution in [3.8, 4) is 10.6 Å². The van der Waals surface area contributed by atoms with E-state index in [0.29, 0.717) is 22.1 Å². The van der Waals surface area contributed by atoms with Crippen LogP contribution in [0.2, 0.25) is 0 Å². The van der Waals surface area contributed by atoms with Crippen LogP contribution in [0.1, 0.15) is 34.6 Å². The first kappa shape index (κ1) is 17.9. The summed E-state index contributed by atoms with van der Waals surface area (Å²) in [6, 6.07) is 3.24. The number of halogens is 2. The highest BCUT2D eigenvalue weighted by Crippen LogP contribution is 2.30. The molecule has 0 spiro atoms. The minimum atomic E-state index is -0.549. The first-order chi connectivity index (χ1) is 12.0. The van der Waals surface area contributed by atoms with Gasteiger partial charge in [-0.1, -0.05) is 6.42 Å². The maximum absolute atomic E-state index is 13.9. The molecule has 1 amide bonds. The molecule has 0 bridgehead atoms. The van der Waals surface area contributed by atoms with Gasteiger partial charge in [-0.3, -0.25) is 4.79 Å². The lowest BCUT2D eigenvalue weighted by atomic mass is 10.1. The smallest absolute Gasteiger partial charge is 0.263 e. The summed E-state index contributed by atoms with van der Waals surface area (Å²) in [5, 5.41) is 3.22. The molecule has 1 saturated heterocycles. The number of piperidine rings is 1. The molecule has 1 aliphatic heterocycles. The Bertz CT molecular complexity index is 757. The summed E-state index contributed by atoms with van der Waals surface area (Å²) >= 11 is 1.09. The molecule has 1 aliphatic rings. The van der Waals surface area contributed by atoms with E-state index in [0.717, 1.165) is 49.2 Å². The second-order valence-electron chi connectivity index (χ2n) is 6.22. The van der Waals surface area contributed by atoms with Crippen LogP contribution < -0.4 is 5.32 Å². The predicted molar refractivity (Wildman–Crippen MR) is 94.8 cm³/mol. The Morgan fingerprint density at radius 1 is 1.28 bits per heavy atom. The molecule has 4 nitrogen and oxygen atoms in total. The Kier molecular flexibility index (Phi) is 5.75. The van der Waals surface area contributed by atoms with E-state index in [2.05, 4.69) is 15.2 Å². The van der Waals surface area contributed by atoms with Crippen LogP contribution in [-0.4, -0.2) is 42.0 Å². The van der Waals surface area contributed by atoms with E-state index in [-0.39, 0.29) is 11.5 Å². The molecule has 1 fully saturated rings. The third kappa shape index (κ3) is 4.41. The zero-order valence-electron chi connectivity index (χ0n) is 14.1. The Morgan fingerprint density at radius 3 is 2.80 bits per heavy atom. The van der Waals surface area contributed by atoms with Gasteiger partial charge >= 0.3 is 0 Å². The molecule has 1 N–H and O–H groups in total. The Balaban J connectivity index is 1.65. The third-order valence-corrected chi connectivity index (χ3v) is 5.51. The number of benzene rings is 1. The number of carbonyl (C=O) groups is 1. The van der Waals surface area contributed by atoms with Gasteiger partial charge in [0.2, 0.25) is 0 Å². The Labute approximate surface area is 149 Å². The highest BCUT2D eigenvalue weighted by molar-refractivity contribution is 7.17. The topological polar surface area (TPSA) is 45.2 Å². The number of amides is 1. The van der Waals surface area contributed by atoms with Crippen molar-refractivity contribution in [3.63, 3.8) is 0 Å². The van der Waals surface area contributed by atoms with Crippen LogP contribution in [0.15, 0.2) is 18.2 Å². The summed E-state index contributed by atoms with van der Waals surface area (Å²) in [5.74, 6) is -1.29. The normalized spacial score (nSPS) is 15.3. The minimum Gasteiger partial charge on any atom is -0.350 e. The second-order valence-corrected chi connectivity index (χ2v) is 7.21.